The highest BCUT2D eigenvalue weighted by molar-refractivity contribution is 6.32. The normalized spacial score (nSPS) is 12.8. The summed E-state index contributed by atoms with van der Waals surface area (Å²) >= 11 is 6.24. The van der Waals surface area contributed by atoms with Crippen molar-refractivity contribution < 1.29 is 23.8 Å². The number of amides is 1. The first-order valence-electron chi connectivity index (χ1n) is 8.00. The molecule has 1 aliphatic rings. The molecule has 0 fully saturated rings. The van der Waals surface area contributed by atoms with Crippen LogP contribution in [0.3, 0.4) is 0 Å². The lowest BCUT2D eigenvalue weighted by atomic mass is 10.2. The molecule has 0 unspecified atom stereocenters. The molecule has 2 heterocycles. The van der Waals surface area contributed by atoms with Crippen LogP contribution in [0, 0.1) is 0 Å². The number of hydrogen-bond acceptors (Lipinski definition) is 6. The van der Waals surface area contributed by atoms with Crippen LogP contribution in [0.4, 0.5) is 0 Å². The lowest BCUT2D eigenvalue weighted by molar-refractivity contribution is 0.0594. The first-order valence-corrected chi connectivity index (χ1v) is 8.38. The number of halogens is 1. The number of aromatic nitrogens is 1. The summed E-state index contributed by atoms with van der Waals surface area (Å²) in [7, 11) is 1.25. The fourth-order valence-electron chi connectivity index (χ4n) is 2.44. The third-order valence-corrected chi connectivity index (χ3v) is 3.97. The molecule has 0 saturated heterocycles. The molecule has 3 rings (SSSR count). The molecule has 26 heavy (non-hydrogen) atoms. The number of pyridine rings is 1. The Hall–Kier alpha value is -2.80. The highest BCUT2D eigenvalue weighted by Crippen LogP contribution is 2.37. The molecule has 1 amide bonds. The van der Waals surface area contributed by atoms with Gasteiger partial charge in [0.05, 0.1) is 25.3 Å². The van der Waals surface area contributed by atoms with Crippen molar-refractivity contribution in [1.82, 2.24) is 10.3 Å². The molecule has 1 aromatic carbocycles. The summed E-state index contributed by atoms with van der Waals surface area (Å²) in [5.74, 6) is 0.0603. The number of benzene rings is 1. The van der Waals surface area contributed by atoms with Gasteiger partial charge in [-0.15, -0.1) is 0 Å². The van der Waals surface area contributed by atoms with Crippen LogP contribution < -0.4 is 14.8 Å². The number of carbonyl (C=O) groups excluding carboxylic acids is 2. The smallest absolute Gasteiger partial charge is 0.356 e. The molecule has 0 spiro atoms. The Morgan fingerprint density at radius 2 is 2.00 bits per heavy atom. The van der Waals surface area contributed by atoms with E-state index in [1.165, 1.54) is 19.2 Å². The SMILES string of the molecule is COC(=O)c1cccc(C(=O)NCc2cc(Cl)c3c(c2)OCCCO3)n1. The maximum absolute atomic E-state index is 12.3. The average molecular weight is 377 g/mol. The van der Waals surface area contributed by atoms with Crippen molar-refractivity contribution in [2.75, 3.05) is 20.3 Å². The molecule has 7 nitrogen and oxygen atoms in total. The second-order valence-electron chi connectivity index (χ2n) is 5.54. The third-order valence-electron chi connectivity index (χ3n) is 3.69. The Labute approximate surface area is 155 Å². The molecule has 0 radical (unpaired) electrons. The summed E-state index contributed by atoms with van der Waals surface area (Å²) in [5, 5.41) is 3.17. The van der Waals surface area contributed by atoms with E-state index < -0.39 is 11.9 Å². The number of nitrogens with zero attached hydrogens (tertiary/aromatic N) is 1. The molecule has 1 aliphatic heterocycles. The first kappa shape index (κ1) is 18.0. The van der Waals surface area contributed by atoms with E-state index in [1.54, 1.807) is 18.2 Å². The van der Waals surface area contributed by atoms with Crippen molar-refractivity contribution in [2.24, 2.45) is 0 Å². The van der Waals surface area contributed by atoms with Crippen molar-refractivity contribution in [1.29, 1.82) is 0 Å². The zero-order chi connectivity index (χ0) is 18.5. The largest absolute Gasteiger partial charge is 0.489 e. The number of carbonyl (C=O) groups is 2. The van der Waals surface area contributed by atoms with Gasteiger partial charge in [-0.3, -0.25) is 4.79 Å². The summed E-state index contributed by atoms with van der Waals surface area (Å²) in [6, 6.07) is 8.06. The van der Waals surface area contributed by atoms with Gasteiger partial charge in [0.25, 0.3) is 5.91 Å². The number of fused-ring (bicyclic) bond motifs is 1. The molecule has 0 aliphatic carbocycles. The fourth-order valence-corrected chi connectivity index (χ4v) is 2.73. The molecule has 0 saturated carbocycles. The Morgan fingerprint density at radius 1 is 1.23 bits per heavy atom. The van der Waals surface area contributed by atoms with Gasteiger partial charge >= 0.3 is 5.97 Å². The Kier molecular flexibility index (Phi) is 5.58. The summed E-state index contributed by atoms with van der Waals surface area (Å²) in [6.07, 6.45) is 0.777. The quantitative estimate of drug-likeness (QED) is 0.825. The number of ether oxygens (including phenoxy) is 3. The standard InChI is InChI=1S/C18H17ClN2O5/c1-24-18(23)14-5-2-4-13(21-14)17(22)20-10-11-8-12(19)16-15(9-11)25-6-3-7-26-16/h2,4-5,8-9H,3,6-7,10H2,1H3,(H,20,22). The minimum Gasteiger partial charge on any atom is -0.489 e. The van der Waals surface area contributed by atoms with E-state index in [4.69, 9.17) is 21.1 Å². The molecule has 2 aromatic rings. The summed E-state index contributed by atoms with van der Waals surface area (Å²) in [5.41, 5.74) is 0.948. The maximum Gasteiger partial charge on any atom is 0.356 e. The van der Waals surface area contributed by atoms with Crippen LogP contribution in [-0.4, -0.2) is 37.2 Å². The van der Waals surface area contributed by atoms with Crippen molar-refractivity contribution in [3.63, 3.8) is 0 Å². The minimum atomic E-state index is -0.602. The molecule has 0 atom stereocenters. The summed E-state index contributed by atoms with van der Waals surface area (Å²) < 4.78 is 15.8. The van der Waals surface area contributed by atoms with Crippen molar-refractivity contribution in [3.05, 3.63) is 52.3 Å². The maximum atomic E-state index is 12.3. The van der Waals surface area contributed by atoms with E-state index in [1.807, 2.05) is 0 Å². The number of methoxy groups -OCH3 is 1. The highest BCUT2D eigenvalue weighted by atomic mass is 35.5. The Balaban J connectivity index is 1.71. The lowest BCUT2D eigenvalue weighted by Gasteiger charge is -2.12. The molecule has 136 valence electrons. The van der Waals surface area contributed by atoms with Gasteiger partial charge in [-0.05, 0) is 29.8 Å². The number of esters is 1. The van der Waals surface area contributed by atoms with Crippen LogP contribution in [0.15, 0.2) is 30.3 Å². The number of rotatable bonds is 4. The minimum absolute atomic E-state index is 0.0683. The number of hydrogen-bond donors (Lipinski definition) is 1. The van der Waals surface area contributed by atoms with Crippen LogP contribution in [-0.2, 0) is 11.3 Å². The lowest BCUT2D eigenvalue weighted by Crippen LogP contribution is -2.24. The van der Waals surface area contributed by atoms with Gasteiger partial charge in [-0.2, -0.15) is 0 Å². The topological polar surface area (TPSA) is 86.8 Å². The van der Waals surface area contributed by atoms with Crippen LogP contribution in [0.25, 0.3) is 0 Å². The predicted octanol–water partition coefficient (Wildman–Crippen LogP) is 2.61. The molecular formula is C18H17ClN2O5. The fraction of sp³-hybridized carbons (Fsp3) is 0.278. The monoisotopic (exact) mass is 376 g/mol. The van der Waals surface area contributed by atoms with Gasteiger partial charge in [0.1, 0.15) is 11.4 Å². The zero-order valence-corrected chi connectivity index (χ0v) is 14.8. The van der Waals surface area contributed by atoms with Crippen molar-refractivity contribution in [3.8, 4) is 11.5 Å². The highest BCUT2D eigenvalue weighted by Gasteiger charge is 2.17. The van der Waals surface area contributed by atoms with Crippen LogP contribution >= 0.6 is 11.6 Å². The van der Waals surface area contributed by atoms with Gasteiger partial charge < -0.3 is 19.5 Å². The zero-order valence-electron chi connectivity index (χ0n) is 14.1. The molecule has 1 aromatic heterocycles. The summed E-state index contributed by atoms with van der Waals surface area (Å²) in [6.45, 7) is 1.31. The second-order valence-corrected chi connectivity index (χ2v) is 5.94. The van der Waals surface area contributed by atoms with Crippen molar-refractivity contribution in [2.45, 2.75) is 13.0 Å². The van der Waals surface area contributed by atoms with Crippen LogP contribution in [0.1, 0.15) is 33.0 Å². The average Bonchev–Trinajstić information content (AvgIpc) is 2.91. The van der Waals surface area contributed by atoms with E-state index in [-0.39, 0.29) is 17.9 Å². The van der Waals surface area contributed by atoms with E-state index in [0.717, 1.165) is 12.0 Å². The van der Waals surface area contributed by atoms with Gasteiger partial charge in [0, 0.05) is 13.0 Å². The van der Waals surface area contributed by atoms with Crippen LogP contribution in [0.5, 0.6) is 11.5 Å². The third kappa shape index (κ3) is 4.05. The Morgan fingerprint density at radius 3 is 2.81 bits per heavy atom. The molecule has 1 N–H and O–H groups in total. The van der Waals surface area contributed by atoms with Gasteiger partial charge in [-0.1, -0.05) is 17.7 Å². The molecule has 0 bridgehead atoms. The van der Waals surface area contributed by atoms with Crippen molar-refractivity contribution >= 4 is 23.5 Å². The predicted molar refractivity (Wildman–Crippen MR) is 93.8 cm³/mol. The van der Waals surface area contributed by atoms with Gasteiger partial charge in [-0.25, -0.2) is 9.78 Å². The second kappa shape index (κ2) is 8.05. The molecule has 8 heteroatoms. The van der Waals surface area contributed by atoms with E-state index >= 15 is 0 Å². The number of nitrogens with one attached hydrogen (secondary N) is 1. The van der Waals surface area contributed by atoms with Gasteiger partial charge in [0.15, 0.2) is 11.5 Å². The molecular weight excluding hydrogens is 360 g/mol. The van der Waals surface area contributed by atoms with Crippen LogP contribution in [0.2, 0.25) is 5.02 Å². The van der Waals surface area contributed by atoms with Gasteiger partial charge in [0.2, 0.25) is 0 Å². The van der Waals surface area contributed by atoms with E-state index in [2.05, 4.69) is 15.0 Å². The van der Waals surface area contributed by atoms with E-state index in [0.29, 0.717) is 29.7 Å². The summed E-state index contributed by atoms with van der Waals surface area (Å²) in [4.78, 5) is 27.8. The first-order chi connectivity index (χ1) is 12.6. The Bertz CT molecular complexity index is 840. The van der Waals surface area contributed by atoms with E-state index in [9.17, 15) is 9.59 Å².